The Kier molecular flexibility index (Phi) is 11.7. The summed E-state index contributed by atoms with van der Waals surface area (Å²) >= 11 is 0. The fraction of sp³-hybridized carbons (Fsp3) is 0.667. The summed E-state index contributed by atoms with van der Waals surface area (Å²) in [7, 11) is 1.85. The molecule has 1 saturated heterocycles. The van der Waals surface area contributed by atoms with Crippen LogP contribution < -0.4 is 15.4 Å². The number of ether oxygens (including phenoxy) is 1. The maximum absolute atomic E-state index is 5.77. The van der Waals surface area contributed by atoms with E-state index in [1.54, 1.807) is 0 Å². The molecule has 1 aromatic rings. The molecular formula is C21H37IN4O. The Labute approximate surface area is 182 Å². The normalized spacial score (nSPS) is 16.1. The van der Waals surface area contributed by atoms with Crippen molar-refractivity contribution in [1.29, 1.82) is 0 Å². The summed E-state index contributed by atoms with van der Waals surface area (Å²) in [4.78, 5) is 6.90. The van der Waals surface area contributed by atoms with Crippen LogP contribution in [0.4, 0.5) is 0 Å². The monoisotopic (exact) mass is 488 g/mol. The van der Waals surface area contributed by atoms with Crippen molar-refractivity contribution >= 4 is 29.9 Å². The molecule has 0 aromatic heterocycles. The van der Waals surface area contributed by atoms with Gasteiger partial charge in [-0.3, -0.25) is 4.99 Å². The Morgan fingerprint density at radius 3 is 2.44 bits per heavy atom. The summed E-state index contributed by atoms with van der Waals surface area (Å²) < 4.78 is 5.77. The van der Waals surface area contributed by atoms with Crippen LogP contribution >= 0.6 is 24.0 Å². The molecule has 0 spiro atoms. The fourth-order valence-corrected chi connectivity index (χ4v) is 3.21. The third kappa shape index (κ3) is 9.14. The van der Waals surface area contributed by atoms with Crippen LogP contribution in [0.5, 0.6) is 5.75 Å². The van der Waals surface area contributed by atoms with Gasteiger partial charge >= 0.3 is 0 Å². The van der Waals surface area contributed by atoms with Gasteiger partial charge in [0.25, 0.3) is 0 Å². The molecule has 0 unspecified atom stereocenters. The first-order valence-electron chi connectivity index (χ1n) is 9.99. The zero-order valence-corrected chi connectivity index (χ0v) is 19.7. The minimum Gasteiger partial charge on any atom is -0.494 e. The summed E-state index contributed by atoms with van der Waals surface area (Å²) in [5, 5.41) is 6.99. The lowest BCUT2D eigenvalue weighted by molar-refractivity contribution is 0.167. The van der Waals surface area contributed by atoms with E-state index in [-0.39, 0.29) is 24.0 Å². The van der Waals surface area contributed by atoms with E-state index in [9.17, 15) is 0 Å². The minimum absolute atomic E-state index is 0. The largest absolute Gasteiger partial charge is 0.494 e. The molecule has 2 rings (SSSR count). The second kappa shape index (κ2) is 13.2. The van der Waals surface area contributed by atoms with Crippen molar-refractivity contribution in [3.05, 3.63) is 29.8 Å². The fourth-order valence-electron chi connectivity index (χ4n) is 3.21. The second-order valence-electron chi connectivity index (χ2n) is 7.42. The van der Waals surface area contributed by atoms with Crippen LogP contribution in [0, 0.1) is 6.92 Å². The SMILES string of the molecule is CN=C(NCCCCOc1ccc(C)cc1)NC1CCN(C(C)C)CC1.I. The van der Waals surface area contributed by atoms with Gasteiger partial charge in [-0.25, -0.2) is 0 Å². The molecule has 1 aliphatic rings. The highest BCUT2D eigenvalue weighted by molar-refractivity contribution is 14.0. The number of unbranched alkanes of at least 4 members (excludes halogenated alkanes) is 1. The van der Waals surface area contributed by atoms with E-state index >= 15 is 0 Å². The van der Waals surface area contributed by atoms with Crippen LogP contribution in [0.25, 0.3) is 0 Å². The first kappa shape index (κ1) is 24.0. The average Bonchev–Trinajstić information content (AvgIpc) is 2.65. The van der Waals surface area contributed by atoms with Gasteiger partial charge in [-0.05, 0) is 58.6 Å². The van der Waals surface area contributed by atoms with Crippen LogP contribution in [0.2, 0.25) is 0 Å². The van der Waals surface area contributed by atoms with Crippen LogP contribution in [-0.2, 0) is 0 Å². The predicted molar refractivity (Wildman–Crippen MR) is 126 cm³/mol. The summed E-state index contributed by atoms with van der Waals surface area (Å²) in [5.41, 5.74) is 1.26. The van der Waals surface area contributed by atoms with Gasteiger partial charge in [-0.1, -0.05) is 17.7 Å². The van der Waals surface area contributed by atoms with Crippen molar-refractivity contribution in [2.45, 2.75) is 58.5 Å². The lowest BCUT2D eigenvalue weighted by Crippen LogP contribution is -2.50. The Balaban J connectivity index is 0.00000364. The molecule has 0 atom stereocenters. The molecule has 0 bridgehead atoms. The van der Waals surface area contributed by atoms with E-state index < -0.39 is 0 Å². The molecule has 1 heterocycles. The number of hydrogen-bond acceptors (Lipinski definition) is 3. The Bertz CT molecular complexity index is 540. The third-order valence-electron chi connectivity index (χ3n) is 4.98. The van der Waals surface area contributed by atoms with E-state index in [1.807, 2.05) is 19.2 Å². The van der Waals surface area contributed by atoms with E-state index in [0.29, 0.717) is 12.1 Å². The van der Waals surface area contributed by atoms with Crippen LogP contribution in [-0.4, -0.2) is 56.2 Å². The van der Waals surface area contributed by atoms with Crippen molar-refractivity contribution in [1.82, 2.24) is 15.5 Å². The van der Waals surface area contributed by atoms with Crippen LogP contribution in [0.1, 0.15) is 45.1 Å². The Morgan fingerprint density at radius 1 is 1.19 bits per heavy atom. The highest BCUT2D eigenvalue weighted by atomic mass is 127. The van der Waals surface area contributed by atoms with Gasteiger partial charge in [-0.2, -0.15) is 0 Å². The van der Waals surface area contributed by atoms with Gasteiger partial charge in [0.15, 0.2) is 5.96 Å². The molecule has 0 saturated carbocycles. The zero-order chi connectivity index (χ0) is 18.8. The molecule has 2 N–H and O–H groups in total. The number of nitrogens with one attached hydrogen (secondary N) is 2. The number of likely N-dealkylation sites (tertiary alicyclic amines) is 1. The lowest BCUT2D eigenvalue weighted by atomic mass is 10.0. The molecule has 27 heavy (non-hydrogen) atoms. The molecule has 6 heteroatoms. The highest BCUT2D eigenvalue weighted by Gasteiger charge is 2.21. The van der Waals surface area contributed by atoms with Gasteiger partial charge < -0.3 is 20.3 Å². The number of halogens is 1. The smallest absolute Gasteiger partial charge is 0.191 e. The third-order valence-corrected chi connectivity index (χ3v) is 4.98. The van der Waals surface area contributed by atoms with Crippen molar-refractivity contribution in [3.63, 3.8) is 0 Å². The predicted octanol–water partition coefficient (Wildman–Crippen LogP) is 3.81. The molecule has 1 aromatic carbocycles. The van der Waals surface area contributed by atoms with Crippen molar-refractivity contribution in [2.75, 3.05) is 33.3 Å². The second-order valence-corrected chi connectivity index (χ2v) is 7.42. The average molecular weight is 488 g/mol. The number of benzene rings is 1. The van der Waals surface area contributed by atoms with Crippen LogP contribution in [0.3, 0.4) is 0 Å². The standard InChI is InChI=1S/C21H36N4O.HI/c1-17(2)25-14-11-19(12-15-25)24-21(22-4)23-13-5-6-16-26-20-9-7-18(3)8-10-20;/h7-10,17,19H,5-6,11-16H2,1-4H3,(H2,22,23,24);1H. The topological polar surface area (TPSA) is 48.9 Å². The number of aryl methyl sites for hydroxylation is 1. The minimum atomic E-state index is 0. The van der Waals surface area contributed by atoms with Crippen molar-refractivity contribution < 1.29 is 4.74 Å². The molecule has 0 amide bonds. The number of piperidine rings is 1. The first-order valence-corrected chi connectivity index (χ1v) is 9.99. The van der Waals surface area contributed by atoms with Gasteiger partial charge in [-0.15, -0.1) is 24.0 Å². The summed E-state index contributed by atoms with van der Waals surface area (Å²) in [6, 6.07) is 9.40. The molecule has 1 aliphatic heterocycles. The van der Waals surface area contributed by atoms with Gasteiger partial charge in [0.2, 0.25) is 0 Å². The maximum atomic E-state index is 5.77. The molecule has 1 fully saturated rings. The lowest BCUT2D eigenvalue weighted by Gasteiger charge is -2.35. The van der Waals surface area contributed by atoms with E-state index in [1.165, 1.54) is 31.5 Å². The molecule has 0 radical (unpaired) electrons. The van der Waals surface area contributed by atoms with E-state index in [2.05, 4.69) is 53.4 Å². The summed E-state index contributed by atoms with van der Waals surface area (Å²) in [5.74, 6) is 1.88. The molecule has 154 valence electrons. The van der Waals surface area contributed by atoms with Crippen LogP contribution in [0.15, 0.2) is 29.3 Å². The van der Waals surface area contributed by atoms with Gasteiger partial charge in [0.1, 0.15) is 5.75 Å². The quantitative estimate of drug-likeness (QED) is 0.253. The maximum Gasteiger partial charge on any atom is 0.191 e. The van der Waals surface area contributed by atoms with Gasteiger partial charge in [0, 0.05) is 38.8 Å². The van der Waals surface area contributed by atoms with E-state index in [0.717, 1.165) is 37.7 Å². The number of aliphatic imine (C=N–C) groups is 1. The highest BCUT2D eigenvalue weighted by Crippen LogP contribution is 2.13. The number of guanidine groups is 1. The number of nitrogens with zero attached hydrogens (tertiary/aromatic N) is 2. The summed E-state index contributed by atoms with van der Waals surface area (Å²) in [6.07, 6.45) is 4.47. The first-order chi connectivity index (χ1) is 12.6. The summed E-state index contributed by atoms with van der Waals surface area (Å²) in [6.45, 7) is 10.6. The van der Waals surface area contributed by atoms with Crippen molar-refractivity contribution in [3.8, 4) is 5.75 Å². The van der Waals surface area contributed by atoms with Gasteiger partial charge in [0.05, 0.1) is 6.61 Å². The zero-order valence-electron chi connectivity index (χ0n) is 17.3. The number of hydrogen-bond donors (Lipinski definition) is 2. The van der Waals surface area contributed by atoms with Crippen molar-refractivity contribution in [2.24, 2.45) is 4.99 Å². The molecule has 5 nitrogen and oxygen atoms in total. The Morgan fingerprint density at radius 2 is 1.85 bits per heavy atom. The molecular weight excluding hydrogens is 451 g/mol. The number of rotatable bonds is 8. The Hall–Kier alpha value is -1.02. The molecule has 0 aliphatic carbocycles. The van der Waals surface area contributed by atoms with E-state index in [4.69, 9.17) is 4.74 Å².